The quantitative estimate of drug-likeness (QED) is 0.834. The number of carboxylic acids is 1. The van der Waals surface area contributed by atoms with Gasteiger partial charge in [0.2, 0.25) is 0 Å². The van der Waals surface area contributed by atoms with Crippen LogP contribution in [-0.2, 0) is 11.2 Å². The van der Waals surface area contributed by atoms with Crippen LogP contribution in [0, 0.1) is 0 Å². The predicted molar refractivity (Wildman–Crippen MR) is 75.2 cm³/mol. The van der Waals surface area contributed by atoms with Crippen molar-refractivity contribution in [2.24, 2.45) is 0 Å². The molecular weight excluding hydrogens is 272 g/mol. The number of ether oxygens (including phenoxy) is 1. The van der Waals surface area contributed by atoms with Gasteiger partial charge in [-0.15, -0.1) is 0 Å². The molecule has 2 aromatic heterocycles. The first-order chi connectivity index (χ1) is 10.2. The second-order valence-corrected chi connectivity index (χ2v) is 4.63. The molecule has 2 heterocycles. The van der Waals surface area contributed by atoms with Crippen molar-refractivity contribution in [2.45, 2.75) is 32.2 Å². The Labute approximate surface area is 122 Å². The fourth-order valence-corrected chi connectivity index (χ4v) is 2.19. The number of nitrogens with zero attached hydrogens (tertiary/aromatic N) is 4. The lowest BCUT2D eigenvalue weighted by atomic mass is 10.1. The monoisotopic (exact) mass is 290 g/mol. The summed E-state index contributed by atoms with van der Waals surface area (Å²) in [4.78, 5) is 19.3. The SMILES string of the molecule is CCCc1ccnn1C(CC(=O)O)c1cnc(OC)nc1. The van der Waals surface area contributed by atoms with E-state index >= 15 is 0 Å². The molecule has 1 N–H and O–H groups in total. The molecule has 0 saturated heterocycles. The van der Waals surface area contributed by atoms with Gasteiger partial charge in [0.25, 0.3) is 0 Å². The minimum Gasteiger partial charge on any atom is -0.481 e. The zero-order valence-electron chi connectivity index (χ0n) is 12.1. The molecule has 112 valence electrons. The van der Waals surface area contributed by atoms with Crippen molar-refractivity contribution in [3.05, 3.63) is 35.9 Å². The van der Waals surface area contributed by atoms with E-state index in [1.807, 2.05) is 6.07 Å². The van der Waals surface area contributed by atoms with E-state index in [4.69, 9.17) is 9.84 Å². The average molecular weight is 290 g/mol. The Bertz CT molecular complexity index is 595. The van der Waals surface area contributed by atoms with Gasteiger partial charge in [0.1, 0.15) is 0 Å². The predicted octanol–water partition coefficient (Wildman–Crippen LogP) is 1.70. The van der Waals surface area contributed by atoms with Crippen molar-refractivity contribution in [1.29, 1.82) is 0 Å². The van der Waals surface area contributed by atoms with Gasteiger partial charge in [-0.3, -0.25) is 9.48 Å². The molecule has 0 aliphatic carbocycles. The summed E-state index contributed by atoms with van der Waals surface area (Å²) in [7, 11) is 1.48. The maximum Gasteiger partial charge on any atom is 0.316 e. The van der Waals surface area contributed by atoms with Crippen LogP contribution in [0.3, 0.4) is 0 Å². The number of hydrogen-bond donors (Lipinski definition) is 1. The maximum absolute atomic E-state index is 11.2. The van der Waals surface area contributed by atoms with Gasteiger partial charge in [-0.05, 0) is 12.5 Å². The van der Waals surface area contributed by atoms with Gasteiger partial charge in [-0.25, -0.2) is 9.97 Å². The van der Waals surface area contributed by atoms with Gasteiger partial charge >= 0.3 is 12.0 Å². The van der Waals surface area contributed by atoms with Crippen LogP contribution in [-0.4, -0.2) is 37.9 Å². The molecule has 21 heavy (non-hydrogen) atoms. The third-order valence-corrected chi connectivity index (χ3v) is 3.14. The molecule has 0 radical (unpaired) electrons. The molecular formula is C14H18N4O3. The van der Waals surface area contributed by atoms with E-state index in [1.54, 1.807) is 23.3 Å². The first kappa shape index (κ1) is 15.0. The largest absolute Gasteiger partial charge is 0.481 e. The molecule has 0 aliphatic rings. The second-order valence-electron chi connectivity index (χ2n) is 4.63. The minimum absolute atomic E-state index is 0.0753. The fraction of sp³-hybridized carbons (Fsp3) is 0.429. The number of methoxy groups -OCH3 is 1. The van der Waals surface area contributed by atoms with E-state index in [0.29, 0.717) is 5.56 Å². The zero-order valence-corrected chi connectivity index (χ0v) is 12.1. The van der Waals surface area contributed by atoms with Crippen LogP contribution in [0.1, 0.15) is 37.1 Å². The summed E-state index contributed by atoms with van der Waals surface area (Å²) in [5.74, 6) is -0.895. The molecule has 7 heteroatoms. The summed E-state index contributed by atoms with van der Waals surface area (Å²) in [6, 6.07) is 1.73. The lowest BCUT2D eigenvalue weighted by Crippen LogP contribution is -2.19. The molecule has 2 rings (SSSR count). The van der Waals surface area contributed by atoms with Gasteiger partial charge in [-0.1, -0.05) is 13.3 Å². The standard InChI is InChI=1S/C14H18N4O3/c1-3-4-11-5-6-17-18(11)12(7-13(19)20)10-8-15-14(21-2)16-9-10/h5-6,8-9,12H,3-4,7H2,1-2H3,(H,19,20). The van der Waals surface area contributed by atoms with Crippen molar-refractivity contribution in [2.75, 3.05) is 7.11 Å². The first-order valence-electron chi connectivity index (χ1n) is 6.75. The number of aliphatic carboxylic acids is 1. The molecule has 0 bridgehead atoms. The Balaban J connectivity index is 2.36. The Kier molecular flexibility index (Phi) is 4.86. The van der Waals surface area contributed by atoms with E-state index in [-0.39, 0.29) is 12.4 Å². The molecule has 0 fully saturated rings. The van der Waals surface area contributed by atoms with Gasteiger partial charge in [0, 0.05) is 29.8 Å². The number of aryl methyl sites for hydroxylation is 1. The fourth-order valence-electron chi connectivity index (χ4n) is 2.19. The van der Waals surface area contributed by atoms with Crippen molar-refractivity contribution in [3.8, 4) is 6.01 Å². The van der Waals surface area contributed by atoms with E-state index in [2.05, 4.69) is 22.0 Å². The number of rotatable bonds is 7. The molecule has 0 aromatic carbocycles. The van der Waals surface area contributed by atoms with Crippen molar-refractivity contribution in [1.82, 2.24) is 19.7 Å². The molecule has 0 amide bonds. The molecule has 2 aromatic rings. The topological polar surface area (TPSA) is 90.1 Å². The first-order valence-corrected chi connectivity index (χ1v) is 6.75. The minimum atomic E-state index is -0.895. The van der Waals surface area contributed by atoms with Gasteiger partial charge in [-0.2, -0.15) is 5.10 Å². The van der Waals surface area contributed by atoms with Crippen LogP contribution in [0.5, 0.6) is 6.01 Å². The van der Waals surface area contributed by atoms with Gasteiger partial charge in [0.15, 0.2) is 0 Å². The van der Waals surface area contributed by atoms with Crippen LogP contribution < -0.4 is 4.74 Å². The third-order valence-electron chi connectivity index (χ3n) is 3.14. The Morgan fingerprint density at radius 3 is 2.71 bits per heavy atom. The molecule has 0 saturated carbocycles. The van der Waals surface area contributed by atoms with Gasteiger partial charge < -0.3 is 9.84 Å². The molecule has 1 unspecified atom stereocenters. The smallest absolute Gasteiger partial charge is 0.316 e. The average Bonchev–Trinajstić information content (AvgIpc) is 2.93. The van der Waals surface area contributed by atoms with Crippen LogP contribution >= 0.6 is 0 Å². The molecule has 0 spiro atoms. The Morgan fingerprint density at radius 2 is 2.14 bits per heavy atom. The highest BCUT2D eigenvalue weighted by Gasteiger charge is 2.21. The van der Waals surface area contributed by atoms with Crippen LogP contribution in [0.2, 0.25) is 0 Å². The summed E-state index contributed by atoms with van der Waals surface area (Å²) < 4.78 is 6.66. The summed E-state index contributed by atoms with van der Waals surface area (Å²) >= 11 is 0. The van der Waals surface area contributed by atoms with E-state index in [1.165, 1.54) is 7.11 Å². The van der Waals surface area contributed by atoms with E-state index in [9.17, 15) is 4.79 Å². The van der Waals surface area contributed by atoms with Gasteiger partial charge in [0.05, 0.1) is 19.6 Å². The van der Waals surface area contributed by atoms with Crippen LogP contribution in [0.15, 0.2) is 24.7 Å². The highest BCUT2D eigenvalue weighted by Crippen LogP contribution is 2.23. The second kappa shape index (κ2) is 6.83. The van der Waals surface area contributed by atoms with E-state index in [0.717, 1.165) is 18.5 Å². The number of hydrogen-bond acceptors (Lipinski definition) is 5. The van der Waals surface area contributed by atoms with Crippen molar-refractivity contribution >= 4 is 5.97 Å². The van der Waals surface area contributed by atoms with Crippen molar-refractivity contribution < 1.29 is 14.6 Å². The lowest BCUT2D eigenvalue weighted by molar-refractivity contribution is -0.137. The molecule has 7 nitrogen and oxygen atoms in total. The summed E-state index contributed by atoms with van der Waals surface area (Å²) in [5, 5.41) is 13.4. The Hall–Kier alpha value is -2.44. The number of carboxylic acid groups (broad SMARTS) is 1. The highest BCUT2D eigenvalue weighted by atomic mass is 16.5. The highest BCUT2D eigenvalue weighted by molar-refractivity contribution is 5.68. The lowest BCUT2D eigenvalue weighted by Gasteiger charge is -2.18. The Morgan fingerprint density at radius 1 is 1.43 bits per heavy atom. The summed E-state index contributed by atoms with van der Waals surface area (Å²) in [5.41, 5.74) is 1.69. The number of aromatic nitrogens is 4. The summed E-state index contributed by atoms with van der Waals surface area (Å²) in [6.45, 7) is 2.07. The number of carbonyl (C=O) groups is 1. The summed E-state index contributed by atoms with van der Waals surface area (Å²) in [6.07, 6.45) is 6.57. The van der Waals surface area contributed by atoms with Crippen molar-refractivity contribution in [3.63, 3.8) is 0 Å². The molecule has 1 atom stereocenters. The zero-order chi connectivity index (χ0) is 15.2. The van der Waals surface area contributed by atoms with Crippen LogP contribution in [0.4, 0.5) is 0 Å². The van der Waals surface area contributed by atoms with E-state index < -0.39 is 12.0 Å². The van der Waals surface area contributed by atoms with Crippen LogP contribution in [0.25, 0.3) is 0 Å². The normalized spacial score (nSPS) is 12.1. The maximum atomic E-state index is 11.2. The third kappa shape index (κ3) is 3.56. The molecule has 0 aliphatic heterocycles.